The highest BCUT2D eigenvalue weighted by atomic mass is 79.9. The number of anilines is 1. The van der Waals surface area contributed by atoms with Gasteiger partial charge in [-0.3, -0.25) is 14.9 Å². The Morgan fingerprint density at radius 3 is 2.49 bits per heavy atom. The van der Waals surface area contributed by atoms with E-state index in [1.807, 2.05) is 37.3 Å². The molecule has 3 aromatic rings. The highest BCUT2D eigenvalue weighted by molar-refractivity contribution is 9.10. The number of rotatable bonds is 6. The van der Waals surface area contributed by atoms with E-state index < -0.39 is 17.8 Å². The standard InChI is InChI=1S/C27H23BrN2O5/c1-16-8-11-23(17(2)12-16)30-26(32)21(25(31)29-27(30)33)13-18-9-10-20(34-3)14-24(18)35-15-19-6-4-5-7-22(19)28/h4-14H,15H2,1-3H3,(H,29,31,33)/b21-13+. The van der Waals surface area contributed by atoms with Crippen molar-refractivity contribution < 1.29 is 23.9 Å². The molecule has 0 radical (unpaired) electrons. The maximum Gasteiger partial charge on any atom is 0.335 e. The third kappa shape index (κ3) is 5.12. The fourth-order valence-electron chi connectivity index (χ4n) is 3.74. The Kier molecular flexibility index (Phi) is 7.02. The number of aryl methyl sites for hydroxylation is 2. The van der Waals surface area contributed by atoms with Crippen LogP contribution in [0.5, 0.6) is 11.5 Å². The number of hydrogen-bond acceptors (Lipinski definition) is 5. The van der Waals surface area contributed by atoms with Gasteiger partial charge in [0.1, 0.15) is 23.7 Å². The predicted octanol–water partition coefficient (Wildman–Crippen LogP) is 5.32. The molecule has 0 atom stereocenters. The van der Waals surface area contributed by atoms with Crippen molar-refractivity contribution in [1.82, 2.24) is 5.32 Å². The van der Waals surface area contributed by atoms with Crippen LogP contribution in [-0.2, 0) is 16.2 Å². The number of carbonyl (C=O) groups excluding carboxylic acids is 3. The van der Waals surface area contributed by atoms with Crippen LogP contribution in [0, 0.1) is 13.8 Å². The molecule has 0 aromatic heterocycles. The van der Waals surface area contributed by atoms with Crippen LogP contribution in [0.2, 0.25) is 0 Å². The normalized spacial score (nSPS) is 14.8. The Labute approximate surface area is 211 Å². The van der Waals surface area contributed by atoms with Gasteiger partial charge < -0.3 is 9.47 Å². The van der Waals surface area contributed by atoms with E-state index in [4.69, 9.17) is 9.47 Å². The van der Waals surface area contributed by atoms with E-state index in [1.165, 1.54) is 13.2 Å². The van der Waals surface area contributed by atoms with Crippen molar-refractivity contribution in [2.45, 2.75) is 20.5 Å². The van der Waals surface area contributed by atoms with Gasteiger partial charge in [-0.15, -0.1) is 0 Å². The van der Waals surface area contributed by atoms with Crippen LogP contribution in [0.1, 0.15) is 22.3 Å². The number of urea groups is 1. The topological polar surface area (TPSA) is 84.9 Å². The summed E-state index contributed by atoms with van der Waals surface area (Å²) in [5.74, 6) is -0.504. The fourth-order valence-corrected chi connectivity index (χ4v) is 4.14. The molecule has 3 aromatic carbocycles. The summed E-state index contributed by atoms with van der Waals surface area (Å²) in [6, 6.07) is 17.3. The van der Waals surface area contributed by atoms with Gasteiger partial charge in [-0.2, -0.15) is 0 Å². The minimum Gasteiger partial charge on any atom is -0.497 e. The molecule has 0 spiro atoms. The smallest absolute Gasteiger partial charge is 0.335 e. The monoisotopic (exact) mass is 534 g/mol. The number of carbonyl (C=O) groups is 3. The molecule has 4 rings (SSSR count). The maximum absolute atomic E-state index is 13.4. The Morgan fingerprint density at radius 1 is 1.00 bits per heavy atom. The number of benzene rings is 3. The average Bonchev–Trinajstić information content (AvgIpc) is 2.83. The molecule has 1 fully saturated rings. The maximum atomic E-state index is 13.4. The molecule has 4 amide bonds. The quantitative estimate of drug-likeness (QED) is 0.341. The Morgan fingerprint density at radius 2 is 1.77 bits per heavy atom. The minimum absolute atomic E-state index is 0.180. The molecule has 1 heterocycles. The van der Waals surface area contributed by atoms with Crippen molar-refractivity contribution >= 4 is 45.5 Å². The third-order valence-electron chi connectivity index (χ3n) is 5.56. The van der Waals surface area contributed by atoms with Gasteiger partial charge in [0.2, 0.25) is 0 Å². The van der Waals surface area contributed by atoms with Gasteiger partial charge in [-0.1, -0.05) is 51.8 Å². The molecule has 1 aliphatic rings. The van der Waals surface area contributed by atoms with E-state index in [-0.39, 0.29) is 12.2 Å². The number of nitrogens with zero attached hydrogens (tertiary/aromatic N) is 1. The van der Waals surface area contributed by atoms with Crippen LogP contribution in [0.4, 0.5) is 10.5 Å². The van der Waals surface area contributed by atoms with Crippen molar-refractivity contribution in [1.29, 1.82) is 0 Å². The van der Waals surface area contributed by atoms with Gasteiger partial charge in [0.15, 0.2) is 0 Å². The molecule has 1 N–H and O–H groups in total. The van der Waals surface area contributed by atoms with Crippen molar-refractivity contribution in [2.75, 3.05) is 12.0 Å². The second-order valence-electron chi connectivity index (χ2n) is 8.03. The second-order valence-corrected chi connectivity index (χ2v) is 8.89. The van der Waals surface area contributed by atoms with Crippen LogP contribution in [0.3, 0.4) is 0 Å². The average molecular weight is 535 g/mol. The first-order chi connectivity index (χ1) is 16.8. The first-order valence-corrected chi connectivity index (χ1v) is 11.6. The van der Waals surface area contributed by atoms with Crippen molar-refractivity contribution in [3.63, 3.8) is 0 Å². The summed E-state index contributed by atoms with van der Waals surface area (Å²) in [4.78, 5) is 39.6. The van der Waals surface area contributed by atoms with Gasteiger partial charge in [0.25, 0.3) is 11.8 Å². The molecule has 1 aliphatic heterocycles. The van der Waals surface area contributed by atoms with Crippen molar-refractivity contribution in [3.8, 4) is 11.5 Å². The predicted molar refractivity (Wildman–Crippen MR) is 136 cm³/mol. The number of amides is 4. The van der Waals surface area contributed by atoms with Gasteiger partial charge in [-0.05, 0) is 49.8 Å². The number of halogens is 1. The third-order valence-corrected chi connectivity index (χ3v) is 6.33. The van der Waals surface area contributed by atoms with E-state index in [0.29, 0.717) is 22.7 Å². The molecule has 7 nitrogen and oxygen atoms in total. The van der Waals surface area contributed by atoms with Crippen LogP contribution < -0.4 is 19.7 Å². The van der Waals surface area contributed by atoms with Crippen LogP contribution in [0.25, 0.3) is 6.08 Å². The lowest BCUT2D eigenvalue weighted by molar-refractivity contribution is -0.122. The lowest BCUT2D eigenvalue weighted by Crippen LogP contribution is -2.54. The molecule has 1 saturated heterocycles. The second kappa shape index (κ2) is 10.1. The number of methoxy groups -OCH3 is 1. The molecule has 8 heteroatoms. The molecule has 0 saturated carbocycles. The summed E-state index contributed by atoms with van der Waals surface area (Å²) in [5.41, 5.74) is 3.38. The number of ether oxygens (including phenoxy) is 2. The molecule has 0 bridgehead atoms. The van der Waals surface area contributed by atoms with Gasteiger partial charge >= 0.3 is 6.03 Å². The zero-order chi connectivity index (χ0) is 25.1. The largest absolute Gasteiger partial charge is 0.497 e. The summed E-state index contributed by atoms with van der Waals surface area (Å²) in [6.45, 7) is 3.97. The Bertz CT molecular complexity index is 1370. The Hall–Kier alpha value is -3.91. The van der Waals surface area contributed by atoms with Crippen LogP contribution in [-0.4, -0.2) is 25.0 Å². The van der Waals surface area contributed by atoms with Gasteiger partial charge in [-0.25, -0.2) is 9.69 Å². The first kappa shape index (κ1) is 24.2. The van der Waals surface area contributed by atoms with E-state index >= 15 is 0 Å². The van der Waals surface area contributed by atoms with Crippen LogP contribution in [0.15, 0.2) is 70.7 Å². The molecule has 35 heavy (non-hydrogen) atoms. The van der Waals surface area contributed by atoms with Crippen molar-refractivity contribution in [3.05, 3.63) is 93.0 Å². The lowest BCUT2D eigenvalue weighted by Gasteiger charge is -2.27. The molecular formula is C27H23BrN2O5. The minimum atomic E-state index is -0.788. The Balaban J connectivity index is 1.71. The summed E-state index contributed by atoms with van der Waals surface area (Å²) >= 11 is 3.50. The zero-order valence-corrected chi connectivity index (χ0v) is 21.0. The number of hydrogen-bond donors (Lipinski definition) is 1. The van der Waals surface area contributed by atoms with E-state index in [2.05, 4.69) is 21.2 Å². The summed E-state index contributed by atoms with van der Waals surface area (Å²) in [5, 5.41) is 2.27. The van der Waals surface area contributed by atoms with Gasteiger partial charge in [0.05, 0.1) is 12.8 Å². The molecular weight excluding hydrogens is 512 g/mol. The summed E-state index contributed by atoms with van der Waals surface area (Å²) < 4.78 is 12.3. The van der Waals surface area contributed by atoms with E-state index in [1.54, 1.807) is 37.3 Å². The zero-order valence-electron chi connectivity index (χ0n) is 19.4. The van der Waals surface area contributed by atoms with Gasteiger partial charge in [0, 0.05) is 21.7 Å². The number of barbiturate groups is 1. The highest BCUT2D eigenvalue weighted by Crippen LogP contribution is 2.31. The summed E-state index contributed by atoms with van der Waals surface area (Å²) in [6.07, 6.45) is 1.43. The van der Waals surface area contributed by atoms with Crippen molar-refractivity contribution in [2.24, 2.45) is 0 Å². The highest BCUT2D eigenvalue weighted by Gasteiger charge is 2.37. The fraction of sp³-hybridized carbons (Fsp3) is 0.148. The molecule has 0 unspecified atom stereocenters. The molecule has 0 aliphatic carbocycles. The first-order valence-electron chi connectivity index (χ1n) is 10.8. The lowest BCUT2D eigenvalue weighted by atomic mass is 10.0. The summed E-state index contributed by atoms with van der Waals surface area (Å²) in [7, 11) is 1.54. The SMILES string of the molecule is COc1ccc(/C=C2\C(=O)NC(=O)N(c3ccc(C)cc3C)C2=O)c(OCc2ccccc2Br)c1. The number of nitrogens with one attached hydrogen (secondary N) is 1. The van der Waals surface area contributed by atoms with E-state index in [9.17, 15) is 14.4 Å². The van der Waals surface area contributed by atoms with E-state index in [0.717, 1.165) is 26.1 Å². The number of imide groups is 2. The molecule has 178 valence electrons. The van der Waals surface area contributed by atoms with Crippen LogP contribution >= 0.6 is 15.9 Å².